The van der Waals surface area contributed by atoms with Crippen molar-refractivity contribution in [2.75, 3.05) is 7.11 Å². The van der Waals surface area contributed by atoms with Gasteiger partial charge in [0, 0.05) is 5.56 Å². The molecule has 2 aromatic rings. The molecule has 0 fully saturated rings. The van der Waals surface area contributed by atoms with Crippen LogP contribution in [0.2, 0.25) is 0 Å². The third kappa shape index (κ3) is 2.95. The third-order valence-electron chi connectivity index (χ3n) is 2.25. The van der Waals surface area contributed by atoms with Crippen molar-refractivity contribution in [3.8, 4) is 5.75 Å². The molecule has 1 N–H and O–H groups in total. The largest absolute Gasteiger partial charge is 0.496 e. The molecule has 1 heterocycles. The summed E-state index contributed by atoms with van der Waals surface area (Å²) in [5, 5.41) is 4.05. The number of hydrogen-bond acceptors (Lipinski definition) is 4. The predicted octanol–water partition coefficient (Wildman–Crippen LogP) is 2.59. The van der Waals surface area contributed by atoms with Crippen LogP contribution in [0.4, 0.5) is 0 Å². The lowest BCUT2D eigenvalue weighted by molar-refractivity contribution is 0.414. The van der Waals surface area contributed by atoms with Gasteiger partial charge in [-0.15, -0.1) is 0 Å². The zero-order valence-electron chi connectivity index (χ0n) is 9.79. The zero-order chi connectivity index (χ0) is 12.8. The molecule has 5 heteroatoms. The number of rotatable bonds is 4. The molecule has 0 amide bonds. The van der Waals surface area contributed by atoms with Crippen molar-refractivity contribution in [3.63, 3.8) is 0 Å². The van der Waals surface area contributed by atoms with Gasteiger partial charge in [-0.2, -0.15) is 5.10 Å². The van der Waals surface area contributed by atoms with Crippen LogP contribution in [0.15, 0.2) is 52.2 Å². The highest BCUT2D eigenvalue weighted by atomic mass is 32.1. The maximum atomic E-state index is 5.20. The Hall–Kier alpha value is -2.14. The summed E-state index contributed by atoms with van der Waals surface area (Å²) in [6, 6.07) is 11.1. The Morgan fingerprint density at radius 1 is 1.33 bits per heavy atom. The highest BCUT2D eigenvalue weighted by Crippen LogP contribution is 2.14. The summed E-state index contributed by atoms with van der Waals surface area (Å²) in [5.74, 6) is 1.34. The van der Waals surface area contributed by atoms with Gasteiger partial charge in [0.2, 0.25) is 0 Å². The molecule has 18 heavy (non-hydrogen) atoms. The first-order valence-electron chi connectivity index (χ1n) is 5.31. The molecule has 0 saturated heterocycles. The molecule has 2 rings (SSSR count). The molecule has 0 aliphatic rings. The fourth-order valence-electron chi connectivity index (χ4n) is 1.40. The Kier molecular flexibility index (Phi) is 4.09. The van der Waals surface area contributed by atoms with Gasteiger partial charge in [0.15, 0.2) is 10.7 Å². The van der Waals surface area contributed by atoms with Crippen LogP contribution in [0.5, 0.6) is 5.75 Å². The molecule has 0 atom stereocenters. The maximum Gasteiger partial charge on any atom is 0.162 e. The lowest BCUT2D eigenvalue weighted by Crippen LogP contribution is -2.15. The number of nitrogens with zero attached hydrogens (tertiary/aromatic N) is 1. The van der Waals surface area contributed by atoms with Gasteiger partial charge in [-0.3, -0.25) is 5.43 Å². The van der Waals surface area contributed by atoms with Crippen molar-refractivity contribution in [3.05, 3.63) is 54.0 Å². The van der Waals surface area contributed by atoms with Crippen molar-refractivity contribution in [1.29, 1.82) is 0 Å². The van der Waals surface area contributed by atoms with Crippen LogP contribution < -0.4 is 10.2 Å². The van der Waals surface area contributed by atoms with Crippen LogP contribution in [0.25, 0.3) is 0 Å². The first-order valence-corrected chi connectivity index (χ1v) is 5.72. The lowest BCUT2D eigenvalue weighted by atomic mass is 10.2. The zero-order valence-corrected chi connectivity index (χ0v) is 10.6. The number of ether oxygens (including phenoxy) is 1. The van der Waals surface area contributed by atoms with E-state index in [2.05, 4.69) is 10.5 Å². The van der Waals surface area contributed by atoms with E-state index in [-0.39, 0.29) is 0 Å². The minimum Gasteiger partial charge on any atom is -0.496 e. The molecule has 0 saturated carbocycles. The SMILES string of the molecule is COc1ccccc1/C=N/NC(=S)c1ccco1. The number of nitrogens with one attached hydrogen (secondary N) is 1. The normalized spacial score (nSPS) is 10.5. The van der Waals surface area contributed by atoms with Gasteiger partial charge in [0.25, 0.3) is 0 Å². The second-order valence-electron chi connectivity index (χ2n) is 3.42. The second kappa shape index (κ2) is 5.97. The minimum atomic E-state index is 0.436. The monoisotopic (exact) mass is 260 g/mol. The molecule has 4 nitrogen and oxygen atoms in total. The molecule has 0 aliphatic heterocycles. The maximum absolute atomic E-state index is 5.20. The van der Waals surface area contributed by atoms with E-state index < -0.39 is 0 Å². The van der Waals surface area contributed by atoms with Crippen molar-refractivity contribution in [2.45, 2.75) is 0 Å². The molecule has 0 spiro atoms. The smallest absolute Gasteiger partial charge is 0.162 e. The summed E-state index contributed by atoms with van der Waals surface area (Å²) < 4.78 is 10.3. The van der Waals surface area contributed by atoms with E-state index in [1.165, 1.54) is 0 Å². The van der Waals surface area contributed by atoms with Gasteiger partial charge in [0.1, 0.15) is 5.75 Å². The Bertz CT molecular complexity index is 550. The average Bonchev–Trinajstić information content (AvgIpc) is 2.93. The van der Waals surface area contributed by atoms with E-state index in [0.29, 0.717) is 10.7 Å². The summed E-state index contributed by atoms with van der Waals surface area (Å²) in [5.41, 5.74) is 3.61. The molecular formula is C13H12N2O2S. The molecule has 0 radical (unpaired) electrons. The fraction of sp³-hybridized carbons (Fsp3) is 0.0769. The van der Waals surface area contributed by atoms with Crippen molar-refractivity contribution in [1.82, 2.24) is 5.43 Å². The van der Waals surface area contributed by atoms with Gasteiger partial charge in [0.05, 0.1) is 19.6 Å². The van der Waals surface area contributed by atoms with Crippen LogP contribution in [0.3, 0.4) is 0 Å². The van der Waals surface area contributed by atoms with E-state index in [1.54, 1.807) is 31.7 Å². The highest BCUT2D eigenvalue weighted by molar-refractivity contribution is 7.80. The first kappa shape index (κ1) is 12.3. The second-order valence-corrected chi connectivity index (χ2v) is 3.83. The average molecular weight is 260 g/mol. The summed E-state index contributed by atoms with van der Waals surface area (Å²) in [4.78, 5) is 0.436. The van der Waals surface area contributed by atoms with E-state index >= 15 is 0 Å². The summed E-state index contributed by atoms with van der Waals surface area (Å²) in [7, 11) is 1.62. The van der Waals surface area contributed by atoms with E-state index in [4.69, 9.17) is 21.4 Å². The van der Waals surface area contributed by atoms with Gasteiger partial charge >= 0.3 is 0 Å². The number of para-hydroxylation sites is 1. The van der Waals surface area contributed by atoms with E-state index in [1.807, 2.05) is 24.3 Å². The minimum absolute atomic E-state index is 0.436. The van der Waals surface area contributed by atoms with Crippen molar-refractivity contribution < 1.29 is 9.15 Å². The van der Waals surface area contributed by atoms with E-state index in [9.17, 15) is 0 Å². The van der Waals surface area contributed by atoms with Crippen molar-refractivity contribution >= 4 is 23.4 Å². The number of benzene rings is 1. The Morgan fingerprint density at radius 2 is 2.17 bits per heavy atom. The molecule has 92 valence electrons. The lowest BCUT2D eigenvalue weighted by Gasteiger charge is -2.03. The number of hydrogen-bond donors (Lipinski definition) is 1. The molecule has 1 aromatic carbocycles. The Labute approximate surface area is 110 Å². The van der Waals surface area contributed by atoms with Crippen LogP contribution in [-0.4, -0.2) is 18.3 Å². The number of thiocarbonyl (C=S) groups is 1. The third-order valence-corrected chi connectivity index (χ3v) is 2.55. The number of furan rings is 1. The molecule has 1 aromatic heterocycles. The predicted molar refractivity (Wildman–Crippen MR) is 74.1 cm³/mol. The molecule has 0 bridgehead atoms. The van der Waals surface area contributed by atoms with Gasteiger partial charge in [-0.25, -0.2) is 0 Å². The summed E-state index contributed by atoms with van der Waals surface area (Å²) in [6.45, 7) is 0. The summed E-state index contributed by atoms with van der Waals surface area (Å²) in [6.07, 6.45) is 3.21. The van der Waals surface area contributed by atoms with Crippen molar-refractivity contribution in [2.24, 2.45) is 5.10 Å². The Balaban J connectivity index is 2.01. The van der Waals surface area contributed by atoms with Gasteiger partial charge in [-0.05, 0) is 24.3 Å². The molecular weight excluding hydrogens is 248 g/mol. The summed E-state index contributed by atoms with van der Waals surface area (Å²) >= 11 is 5.10. The van der Waals surface area contributed by atoms with Crippen LogP contribution in [-0.2, 0) is 0 Å². The molecule has 0 unspecified atom stereocenters. The topological polar surface area (TPSA) is 46.8 Å². The quantitative estimate of drug-likeness (QED) is 0.521. The number of hydrazone groups is 1. The van der Waals surface area contributed by atoms with E-state index in [0.717, 1.165) is 11.3 Å². The molecule has 0 aliphatic carbocycles. The van der Waals surface area contributed by atoms with Gasteiger partial charge in [-0.1, -0.05) is 24.4 Å². The fourth-order valence-corrected chi connectivity index (χ4v) is 1.57. The van der Waals surface area contributed by atoms with Crippen LogP contribution in [0.1, 0.15) is 11.3 Å². The highest BCUT2D eigenvalue weighted by Gasteiger charge is 2.01. The standard InChI is InChI=1S/C13H12N2O2S/c1-16-11-6-3-2-5-10(11)9-14-15-13(18)12-7-4-8-17-12/h2-9H,1H3,(H,15,18)/b14-9+. The van der Waals surface area contributed by atoms with Crippen LogP contribution in [0, 0.1) is 0 Å². The van der Waals surface area contributed by atoms with Crippen LogP contribution >= 0.6 is 12.2 Å². The first-order chi connectivity index (χ1) is 8.81. The Morgan fingerprint density at radius 3 is 2.89 bits per heavy atom. The number of methoxy groups -OCH3 is 1. The van der Waals surface area contributed by atoms with Gasteiger partial charge < -0.3 is 9.15 Å².